The van der Waals surface area contributed by atoms with Gasteiger partial charge in [-0.3, -0.25) is 4.98 Å². The summed E-state index contributed by atoms with van der Waals surface area (Å²) in [6.45, 7) is 6.15. The first-order valence-electron chi connectivity index (χ1n) is 10.5. The average molecular weight is 429 g/mol. The van der Waals surface area contributed by atoms with E-state index < -0.39 is 0 Å². The Hall–Kier alpha value is -2.36. The molecule has 3 aromatic rings. The molecule has 1 aliphatic rings. The van der Waals surface area contributed by atoms with Crippen molar-refractivity contribution in [3.63, 3.8) is 0 Å². The number of hydrogen-bond donors (Lipinski definition) is 3. The lowest BCUT2D eigenvalue weighted by atomic mass is 10.1. The molecule has 1 aliphatic carbocycles. The molecule has 4 rings (SSSR count). The Morgan fingerprint density at radius 1 is 1.27 bits per heavy atom. The maximum Gasteiger partial charge on any atom is 0.224 e. The summed E-state index contributed by atoms with van der Waals surface area (Å²) in [6.07, 6.45) is 6.55. The lowest BCUT2D eigenvalue weighted by Gasteiger charge is -2.18. The van der Waals surface area contributed by atoms with Gasteiger partial charge in [0.25, 0.3) is 0 Å². The maximum absolute atomic E-state index is 9.50. The van der Waals surface area contributed by atoms with Gasteiger partial charge in [-0.05, 0) is 45.1 Å². The van der Waals surface area contributed by atoms with E-state index in [4.69, 9.17) is 14.7 Å². The van der Waals surface area contributed by atoms with Crippen LogP contribution in [-0.4, -0.2) is 57.4 Å². The van der Waals surface area contributed by atoms with Gasteiger partial charge in [-0.2, -0.15) is 4.98 Å². The monoisotopic (exact) mass is 428 g/mol. The van der Waals surface area contributed by atoms with E-state index in [2.05, 4.69) is 20.6 Å². The second-order valence-electron chi connectivity index (χ2n) is 7.55. The molecule has 9 heteroatoms. The second kappa shape index (κ2) is 9.63. The van der Waals surface area contributed by atoms with E-state index in [1.807, 2.05) is 19.9 Å². The van der Waals surface area contributed by atoms with E-state index in [0.29, 0.717) is 31.6 Å². The molecule has 3 heterocycles. The Morgan fingerprint density at radius 3 is 2.93 bits per heavy atom. The van der Waals surface area contributed by atoms with E-state index in [1.54, 1.807) is 23.7 Å². The van der Waals surface area contributed by atoms with Crippen LogP contribution in [0.3, 0.4) is 0 Å². The number of aliphatic hydroxyl groups is 1. The van der Waals surface area contributed by atoms with E-state index >= 15 is 0 Å². The predicted molar refractivity (Wildman–Crippen MR) is 120 cm³/mol. The minimum atomic E-state index is 0.239. The smallest absolute Gasteiger partial charge is 0.224 e. The fourth-order valence-corrected chi connectivity index (χ4v) is 4.87. The molecule has 3 N–H and O–H groups in total. The summed E-state index contributed by atoms with van der Waals surface area (Å²) in [6, 6.07) is 2.26. The quantitative estimate of drug-likeness (QED) is 0.445. The first kappa shape index (κ1) is 20.9. The Morgan fingerprint density at radius 2 is 2.17 bits per heavy atom. The Balaban J connectivity index is 1.66. The summed E-state index contributed by atoms with van der Waals surface area (Å²) in [5, 5.41) is 17.3. The SMILES string of the molecule is CCOCCNc1nc(C)c(-c2nc3cnccc3s2)c(N[C@H]2CC[C@@H](CO)C2)n1. The number of pyridine rings is 1. The minimum Gasteiger partial charge on any atom is -0.396 e. The number of aryl methyl sites for hydroxylation is 1. The topological polar surface area (TPSA) is 105 Å². The third kappa shape index (κ3) is 4.69. The molecule has 30 heavy (non-hydrogen) atoms. The summed E-state index contributed by atoms with van der Waals surface area (Å²) in [7, 11) is 0. The molecule has 160 valence electrons. The van der Waals surface area contributed by atoms with Crippen molar-refractivity contribution >= 4 is 33.3 Å². The van der Waals surface area contributed by atoms with Gasteiger partial charge in [0.05, 0.1) is 28.8 Å². The summed E-state index contributed by atoms with van der Waals surface area (Å²) in [5.74, 6) is 1.72. The number of nitrogens with one attached hydrogen (secondary N) is 2. The normalized spacial score (nSPS) is 18.8. The van der Waals surface area contributed by atoms with Crippen molar-refractivity contribution < 1.29 is 9.84 Å². The van der Waals surface area contributed by atoms with Crippen LogP contribution in [-0.2, 0) is 4.74 Å². The highest BCUT2D eigenvalue weighted by molar-refractivity contribution is 7.21. The molecule has 0 unspecified atom stereocenters. The number of rotatable bonds is 9. The lowest BCUT2D eigenvalue weighted by Crippen LogP contribution is -2.20. The number of thiazole rings is 1. The van der Waals surface area contributed by atoms with Crippen LogP contribution in [0.15, 0.2) is 18.5 Å². The van der Waals surface area contributed by atoms with Crippen LogP contribution in [0.1, 0.15) is 31.9 Å². The largest absolute Gasteiger partial charge is 0.396 e. The van der Waals surface area contributed by atoms with Gasteiger partial charge in [0, 0.05) is 32.0 Å². The van der Waals surface area contributed by atoms with Crippen LogP contribution in [0, 0.1) is 12.8 Å². The van der Waals surface area contributed by atoms with Crippen LogP contribution in [0.25, 0.3) is 20.8 Å². The van der Waals surface area contributed by atoms with Gasteiger partial charge >= 0.3 is 0 Å². The molecule has 0 spiro atoms. The van der Waals surface area contributed by atoms with E-state index in [-0.39, 0.29) is 12.6 Å². The Bertz CT molecular complexity index is 962. The number of hydrogen-bond acceptors (Lipinski definition) is 9. The molecule has 0 aliphatic heterocycles. The molecule has 2 atom stereocenters. The third-order valence-corrected chi connectivity index (χ3v) is 6.42. The zero-order valence-corrected chi connectivity index (χ0v) is 18.2. The van der Waals surface area contributed by atoms with Crippen LogP contribution in [0.2, 0.25) is 0 Å². The predicted octanol–water partition coefficient (Wildman–Crippen LogP) is 3.48. The summed E-state index contributed by atoms with van der Waals surface area (Å²) < 4.78 is 6.49. The maximum atomic E-state index is 9.50. The van der Waals surface area contributed by atoms with Crippen molar-refractivity contribution in [1.29, 1.82) is 0 Å². The highest BCUT2D eigenvalue weighted by Crippen LogP contribution is 2.37. The van der Waals surface area contributed by atoms with Crippen LogP contribution in [0.5, 0.6) is 0 Å². The van der Waals surface area contributed by atoms with Gasteiger partial charge in [0.15, 0.2) is 0 Å². The molecular weight excluding hydrogens is 400 g/mol. The van der Waals surface area contributed by atoms with E-state index in [1.165, 1.54) is 0 Å². The van der Waals surface area contributed by atoms with Gasteiger partial charge in [0.2, 0.25) is 5.95 Å². The first-order chi connectivity index (χ1) is 14.7. The van der Waals surface area contributed by atoms with Gasteiger partial charge < -0.3 is 20.5 Å². The summed E-state index contributed by atoms with van der Waals surface area (Å²) in [4.78, 5) is 18.4. The number of fused-ring (bicyclic) bond motifs is 1. The first-order valence-corrected chi connectivity index (χ1v) is 11.3. The highest BCUT2D eigenvalue weighted by atomic mass is 32.1. The van der Waals surface area contributed by atoms with Crippen molar-refractivity contribution in [2.24, 2.45) is 5.92 Å². The van der Waals surface area contributed by atoms with Crippen LogP contribution >= 0.6 is 11.3 Å². The molecule has 0 amide bonds. The molecule has 8 nitrogen and oxygen atoms in total. The molecule has 0 bridgehead atoms. The van der Waals surface area contributed by atoms with Gasteiger partial charge in [-0.25, -0.2) is 9.97 Å². The molecule has 0 radical (unpaired) electrons. The lowest BCUT2D eigenvalue weighted by molar-refractivity contribution is 0.158. The number of aromatic nitrogens is 4. The average Bonchev–Trinajstić information content (AvgIpc) is 3.37. The van der Waals surface area contributed by atoms with Gasteiger partial charge in [-0.15, -0.1) is 11.3 Å². The highest BCUT2D eigenvalue weighted by Gasteiger charge is 2.26. The van der Waals surface area contributed by atoms with E-state index in [9.17, 15) is 5.11 Å². The van der Waals surface area contributed by atoms with Gasteiger partial charge in [-0.1, -0.05) is 0 Å². The third-order valence-electron chi connectivity index (χ3n) is 5.37. The molecule has 1 fully saturated rings. The number of aliphatic hydroxyl groups excluding tert-OH is 1. The minimum absolute atomic E-state index is 0.239. The molecule has 0 saturated heterocycles. The summed E-state index contributed by atoms with van der Waals surface area (Å²) >= 11 is 1.62. The molecule has 3 aromatic heterocycles. The molecular formula is C21H28N6O2S. The van der Waals surface area contributed by atoms with Crippen molar-refractivity contribution in [2.45, 2.75) is 39.2 Å². The van der Waals surface area contributed by atoms with Gasteiger partial charge in [0.1, 0.15) is 16.3 Å². The zero-order valence-electron chi connectivity index (χ0n) is 17.4. The zero-order chi connectivity index (χ0) is 20.9. The fourth-order valence-electron chi connectivity index (χ4n) is 3.84. The molecule has 1 saturated carbocycles. The Kier molecular flexibility index (Phi) is 6.71. The van der Waals surface area contributed by atoms with Crippen molar-refractivity contribution in [3.8, 4) is 10.6 Å². The van der Waals surface area contributed by atoms with Crippen molar-refractivity contribution in [3.05, 3.63) is 24.2 Å². The fraction of sp³-hybridized carbons (Fsp3) is 0.524. The summed E-state index contributed by atoms with van der Waals surface area (Å²) in [5.41, 5.74) is 2.68. The standard InChI is InChI=1S/C21H28N6O2S/c1-3-29-9-8-23-21-24-13(2)18(20-26-16-11-22-7-6-17(16)30-20)19(27-21)25-15-5-4-14(10-15)12-28/h6-7,11,14-15,28H,3-5,8-10,12H2,1-2H3,(H2,23,24,25,27)/t14-,15+/m1/s1. The van der Waals surface area contributed by atoms with Crippen LogP contribution < -0.4 is 10.6 Å². The van der Waals surface area contributed by atoms with Crippen molar-refractivity contribution in [1.82, 2.24) is 19.9 Å². The van der Waals surface area contributed by atoms with Crippen molar-refractivity contribution in [2.75, 3.05) is 37.0 Å². The van der Waals surface area contributed by atoms with E-state index in [0.717, 1.165) is 51.6 Å². The van der Waals surface area contributed by atoms with Crippen LogP contribution in [0.4, 0.5) is 11.8 Å². The second-order valence-corrected chi connectivity index (χ2v) is 8.58. The number of ether oxygens (including phenoxy) is 1. The number of nitrogens with zero attached hydrogens (tertiary/aromatic N) is 4. The Labute approximate surface area is 180 Å². The number of anilines is 2. The molecule has 0 aromatic carbocycles.